The minimum Gasteiger partial charge on any atom is -0.338 e. The molecule has 0 aliphatic carbocycles. The maximum absolute atomic E-state index is 5.90. The Hall–Kier alpha value is -1.43. The second-order valence-electron chi connectivity index (χ2n) is 6.18. The molecule has 22 heavy (non-hydrogen) atoms. The molecule has 2 fully saturated rings. The van der Waals surface area contributed by atoms with E-state index in [9.17, 15) is 0 Å². The molecule has 0 saturated carbocycles. The predicted octanol–water partition coefficient (Wildman–Crippen LogP) is 2.72. The molecular formula is C16H19ClN4O. The van der Waals surface area contributed by atoms with Crippen molar-refractivity contribution < 1.29 is 4.52 Å². The maximum atomic E-state index is 5.90. The third kappa shape index (κ3) is 3.02. The van der Waals surface area contributed by atoms with E-state index in [1.54, 1.807) is 0 Å². The van der Waals surface area contributed by atoms with Gasteiger partial charge < -0.3 is 9.84 Å². The average molecular weight is 319 g/mol. The lowest BCUT2D eigenvalue weighted by Crippen LogP contribution is -2.35. The fraction of sp³-hybridized carbons (Fsp3) is 0.500. The number of likely N-dealkylation sites (tertiary alicyclic amines) is 1. The molecule has 1 N–H and O–H groups in total. The van der Waals surface area contributed by atoms with Crippen LogP contribution in [0.5, 0.6) is 0 Å². The van der Waals surface area contributed by atoms with Gasteiger partial charge in [0, 0.05) is 35.8 Å². The van der Waals surface area contributed by atoms with Gasteiger partial charge in [0.25, 0.3) is 0 Å². The molecule has 3 heterocycles. The van der Waals surface area contributed by atoms with E-state index in [1.165, 1.54) is 19.3 Å². The van der Waals surface area contributed by atoms with Crippen LogP contribution < -0.4 is 5.32 Å². The summed E-state index contributed by atoms with van der Waals surface area (Å²) in [5.74, 6) is 1.31. The van der Waals surface area contributed by atoms with E-state index >= 15 is 0 Å². The van der Waals surface area contributed by atoms with Crippen molar-refractivity contribution in [2.75, 3.05) is 13.1 Å². The summed E-state index contributed by atoms with van der Waals surface area (Å²) < 4.78 is 5.42. The van der Waals surface area contributed by atoms with Crippen molar-refractivity contribution in [3.05, 3.63) is 35.2 Å². The number of hydrogen-bond donors (Lipinski definition) is 1. The summed E-state index contributed by atoms with van der Waals surface area (Å²) in [7, 11) is 0. The number of fused-ring (bicyclic) bond motifs is 2. The number of halogens is 1. The van der Waals surface area contributed by atoms with E-state index in [1.807, 2.05) is 24.3 Å². The molecule has 2 aliphatic heterocycles. The molecule has 2 bridgehead atoms. The maximum Gasteiger partial charge on any atom is 0.241 e. The number of benzene rings is 1. The van der Waals surface area contributed by atoms with Crippen LogP contribution in [0.2, 0.25) is 5.02 Å². The van der Waals surface area contributed by atoms with E-state index < -0.39 is 0 Å². The van der Waals surface area contributed by atoms with Gasteiger partial charge in [-0.2, -0.15) is 4.98 Å². The van der Waals surface area contributed by atoms with Gasteiger partial charge in [0.2, 0.25) is 11.7 Å². The molecule has 1 aromatic carbocycles. The molecule has 116 valence electrons. The van der Waals surface area contributed by atoms with Gasteiger partial charge in [-0.1, -0.05) is 16.8 Å². The normalized spacial score (nSPS) is 25.3. The van der Waals surface area contributed by atoms with Crippen LogP contribution >= 0.6 is 11.6 Å². The molecule has 0 amide bonds. The number of hydrogen-bond acceptors (Lipinski definition) is 5. The van der Waals surface area contributed by atoms with Crippen LogP contribution in [-0.2, 0) is 6.54 Å². The summed E-state index contributed by atoms with van der Waals surface area (Å²) in [4.78, 5) is 6.93. The third-order valence-corrected chi connectivity index (χ3v) is 4.79. The molecule has 4 rings (SSSR count). The van der Waals surface area contributed by atoms with Gasteiger partial charge in [0.15, 0.2) is 0 Å². The van der Waals surface area contributed by atoms with E-state index in [0.29, 0.717) is 28.8 Å². The van der Waals surface area contributed by atoms with Crippen LogP contribution in [0.1, 0.15) is 25.2 Å². The third-order valence-electron chi connectivity index (χ3n) is 4.54. The fourth-order valence-corrected chi connectivity index (χ4v) is 3.51. The van der Waals surface area contributed by atoms with Crippen LogP contribution in [-0.4, -0.2) is 40.2 Å². The minimum absolute atomic E-state index is 0.617. The molecule has 2 saturated heterocycles. The van der Waals surface area contributed by atoms with Crippen LogP contribution in [0.3, 0.4) is 0 Å². The Morgan fingerprint density at radius 3 is 2.86 bits per heavy atom. The Labute approximate surface area is 134 Å². The smallest absolute Gasteiger partial charge is 0.241 e. The molecule has 5 nitrogen and oxygen atoms in total. The van der Waals surface area contributed by atoms with Gasteiger partial charge in [-0.25, -0.2) is 0 Å². The predicted molar refractivity (Wildman–Crippen MR) is 84.6 cm³/mol. The lowest BCUT2D eigenvalue weighted by Gasteiger charge is -2.21. The van der Waals surface area contributed by atoms with Crippen molar-refractivity contribution in [1.82, 2.24) is 20.4 Å². The minimum atomic E-state index is 0.617. The highest BCUT2D eigenvalue weighted by Crippen LogP contribution is 2.22. The summed E-state index contributed by atoms with van der Waals surface area (Å²) in [5, 5.41) is 8.47. The van der Waals surface area contributed by atoms with Gasteiger partial charge in [-0.3, -0.25) is 4.90 Å². The zero-order valence-electron chi connectivity index (χ0n) is 12.3. The summed E-state index contributed by atoms with van der Waals surface area (Å²) in [5.41, 5.74) is 0.927. The summed E-state index contributed by atoms with van der Waals surface area (Å²) in [6.45, 7) is 2.88. The van der Waals surface area contributed by atoms with Crippen molar-refractivity contribution in [2.24, 2.45) is 0 Å². The van der Waals surface area contributed by atoms with E-state index in [-0.39, 0.29) is 0 Å². The zero-order chi connectivity index (χ0) is 14.9. The molecule has 2 unspecified atom stereocenters. The highest BCUT2D eigenvalue weighted by Gasteiger charge is 2.29. The summed E-state index contributed by atoms with van der Waals surface area (Å²) in [6, 6.07) is 8.81. The Morgan fingerprint density at radius 1 is 1.18 bits per heavy atom. The summed E-state index contributed by atoms with van der Waals surface area (Å²) in [6.07, 6.45) is 3.80. The summed E-state index contributed by atoms with van der Waals surface area (Å²) >= 11 is 5.90. The van der Waals surface area contributed by atoms with Gasteiger partial charge in [-0.05, 0) is 43.5 Å². The highest BCUT2D eigenvalue weighted by molar-refractivity contribution is 6.30. The van der Waals surface area contributed by atoms with Gasteiger partial charge in [0.1, 0.15) is 0 Å². The molecule has 2 atom stereocenters. The van der Waals surface area contributed by atoms with Crippen LogP contribution in [0, 0.1) is 0 Å². The Kier molecular flexibility index (Phi) is 3.86. The van der Waals surface area contributed by atoms with Gasteiger partial charge in [0.05, 0.1) is 6.54 Å². The fourth-order valence-electron chi connectivity index (χ4n) is 3.39. The topological polar surface area (TPSA) is 54.2 Å². The average Bonchev–Trinajstić information content (AvgIpc) is 3.09. The second-order valence-corrected chi connectivity index (χ2v) is 6.62. The molecule has 0 spiro atoms. The van der Waals surface area contributed by atoms with Crippen molar-refractivity contribution >= 4 is 11.6 Å². The van der Waals surface area contributed by atoms with E-state index in [2.05, 4.69) is 20.4 Å². The van der Waals surface area contributed by atoms with Crippen molar-refractivity contribution in [2.45, 2.75) is 37.9 Å². The Bertz CT molecular complexity index is 642. The van der Waals surface area contributed by atoms with Crippen molar-refractivity contribution in [3.63, 3.8) is 0 Å². The second kappa shape index (κ2) is 5.99. The largest absolute Gasteiger partial charge is 0.338 e. The number of nitrogens with zero attached hydrogens (tertiary/aromatic N) is 3. The van der Waals surface area contributed by atoms with E-state index in [4.69, 9.17) is 16.1 Å². The van der Waals surface area contributed by atoms with Crippen LogP contribution in [0.4, 0.5) is 0 Å². The molecule has 6 heteroatoms. The highest BCUT2D eigenvalue weighted by atomic mass is 35.5. The zero-order valence-corrected chi connectivity index (χ0v) is 13.1. The lowest BCUT2D eigenvalue weighted by molar-refractivity contribution is 0.216. The van der Waals surface area contributed by atoms with E-state index in [0.717, 1.165) is 25.2 Å². The Balaban J connectivity index is 1.44. The van der Waals surface area contributed by atoms with Crippen LogP contribution in [0.15, 0.2) is 28.8 Å². The monoisotopic (exact) mass is 318 g/mol. The van der Waals surface area contributed by atoms with Gasteiger partial charge in [-0.15, -0.1) is 0 Å². The number of nitrogens with one attached hydrogen (secondary N) is 1. The lowest BCUT2D eigenvalue weighted by atomic mass is 10.1. The molecule has 2 aliphatic rings. The first-order chi connectivity index (χ1) is 10.8. The van der Waals surface area contributed by atoms with Crippen molar-refractivity contribution in [3.8, 4) is 11.4 Å². The number of aromatic nitrogens is 2. The molecular weight excluding hydrogens is 300 g/mol. The SMILES string of the molecule is Clc1ccc(-c2noc(CN3CCC4CCC(C3)N4)n2)cc1. The first kappa shape index (κ1) is 14.2. The molecule has 1 aromatic heterocycles. The van der Waals surface area contributed by atoms with Gasteiger partial charge >= 0.3 is 0 Å². The molecule has 2 aromatic rings. The van der Waals surface area contributed by atoms with Crippen molar-refractivity contribution in [1.29, 1.82) is 0 Å². The van der Waals surface area contributed by atoms with Crippen LogP contribution in [0.25, 0.3) is 11.4 Å². The number of rotatable bonds is 3. The molecule has 0 radical (unpaired) electrons. The first-order valence-electron chi connectivity index (χ1n) is 7.83. The quantitative estimate of drug-likeness (QED) is 0.943. The standard InChI is InChI=1S/C16H19ClN4O/c17-12-3-1-11(2-4-12)16-19-15(22-20-16)10-21-8-7-13-5-6-14(9-21)18-13/h1-4,13-14,18H,5-10H2. The Morgan fingerprint density at radius 2 is 2.00 bits per heavy atom. The first-order valence-corrected chi connectivity index (χ1v) is 8.21.